The van der Waals surface area contributed by atoms with Crippen molar-refractivity contribution in [2.75, 3.05) is 5.32 Å². The fourth-order valence-corrected chi connectivity index (χ4v) is 3.98. The Morgan fingerprint density at radius 2 is 1.72 bits per heavy atom. The molecule has 1 aliphatic carbocycles. The van der Waals surface area contributed by atoms with Crippen LogP contribution in [0.1, 0.15) is 25.7 Å². The minimum absolute atomic E-state index is 0.280. The Balaban J connectivity index is 1.67. The number of aromatic nitrogens is 2. The highest BCUT2D eigenvalue weighted by molar-refractivity contribution is 6.30. The summed E-state index contributed by atoms with van der Waals surface area (Å²) in [5, 5.41) is 23.9. The number of fused-ring (bicyclic) bond motifs is 1. The average molecular weight is 422 g/mol. The van der Waals surface area contributed by atoms with E-state index in [1.165, 1.54) is 0 Å². The first-order chi connectivity index (χ1) is 13.8. The van der Waals surface area contributed by atoms with Gasteiger partial charge < -0.3 is 10.4 Å². The third-order valence-corrected chi connectivity index (χ3v) is 5.65. The first-order valence-corrected chi connectivity index (χ1v) is 9.72. The molecule has 2 N–H and O–H groups in total. The molecule has 0 aliphatic heterocycles. The van der Waals surface area contributed by atoms with Gasteiger partial charge in [-0.25, -0.2) is 0 Å². The van der Waals surface area contributed by atoms with E-state index in [0.717, 1.165) is 16.3 Å². The van der Waals surface area contributed by atoms with E-state index in [1.54, 1.807) is 12.1 Å². The molecule has 0 radical (unpaired) electrons. The Morgan fingerprint density at radius 1 is 1.03 bits per heavy atom. The van der Waals surface area contributed by atoms with Gasteiger partial charge in [0.25, 0.3) is 0 Å². The highest BCUT2D eigenvalue weighted by Crippen LogP contribution is 2.42. The van der Waals surface area contributed by atoms with E-state index in [4.69, 9.17) is 11.6 Å². The Morgan fingerprint density at radius 3 is 2.41 bits per heavy atom. The van der Waals surface area contributed by atoms with Gasteiger partial charge in [-0.3, -0.25) is 0 Å². The first kappa shape index (κ1) is 19.9. The third-order valence-electron chi connectivity index (χ3n) is 5.40. The van der Waals surface area contributed by atoms with Gasteiger partial charge in [0, 0.05) is 33.8 Å². The van der Waals surface area contributed by atoms with Crippen LogP contribution in [-0.4, -0.2) is 33.1 Å². The Bertz CT molecular complexity index is 1030. The summed E-state index contributed by atoms with van der Waals surface area (Å²) < 4.78 is 39.7. The monoisotopic (exact) mass is 421 g/mol. The Labute approximate surface area is 170 Å². The smallest absolute Gasteiger partial charge is 0.380 e. The van der Waals surface area contributed by atoms with Crippen molar-refractivity contribution in [1.82, 2.24) is 10.2 Å². The van der Waals surface area contributed by atoms with Crippen LogP contribution in [0.2, 0.25) is 5.02 Å². The zero-order chi connectivity index (χ0) is 20.6. The molecule has 0 spiro atoms. The van der Waals surface area contributed by atoms with Crippen LogP contribution in [-0.2, 0) is 0 Å². The van der Waals surface area contributed by atoms with Crippen molar-refractivity contribution >= 4 is 28.2 Å². The maximum absolute atomic E-state index is 13.2. The predicted molar refractivity (Wildman–Crippen MR) is 107 cm³/mol. The highest BCUT2D eigenvalue weighted by Gasteiger charge is 2.55. The fraction of sp³-hybridized carbons (Fsp3) is 0.333. The molecule has 2 atom stereocenters. The molecule has 152 valence electrons. The number of anilines is 1. The largest absolute Gasteiger partial charge is 0.417 e. The quantitative estimate of drug-likeness (QED) is 0.578. The van der Waals surface area contributed by atoms with Crippen LogP contribution in [0, 0.1) is 0 Å². The molecule has 1 saturated carbocycles. The van der Waals surface area contributed by atoms with Crippen molar-refractivity contribution in [2.45, 2.75) is 43.5 Å². The van der Waals surface area contributed by atoms with Crippen molar-refractivity contribution in [2.24, 2.45) is 0 Å². The highest BCUT2D eigenvalue weighted by atomic mass is 35.5. The number of nitrogens with zero attached hydrogens (tertiary/aromatic N) is 2. The lowest BCUT2D eigenvalue weighted by Crippen LogP contribution is -2.51. The molecule has 2 unspecified atom stereocenters. The van der Waals surface area contributed by atoms with Crippen molar-refractivity contribution in [1.29, 1.82) is 0 Å². The van der Waals surface area contributed by atoms with Gasteiger partial charge in [0.2, 0.25) is 0 Å². The third kappa shape index (κ3) is 3.89. The molecule has 8 heteroatoms. The van der Waals surface area contributed by atoms with Crippen LogP contribution in [0.15, 0.2) is 48.5 Å². The minimum Gasteiger partial charge on any atom is -0.380 e. The molecule has 3 aromatic rings. The molecule has 4 rings (SSSR count). The topological polar surface area (TPSA) is 58.0 Å². The molecule has 29 heavy (non-hydrogen) atoms. The molecule has 0 bridgehead atoms. The molecule has 4 nitrogen and oxygen atoms in total. The predicted octanol–water partition coefficient (Wildman–Crippen LogP) is 5.60. The van der Waals surface area contributed by atoms with Crippen molar-refractivity contribution in [3.63, 3.8) is 0 Å². The Kier molecular flexibility index (Phi) is 5.12. The van der Waals surface area contributed by atoms with Crippen LogP contribution < -0.4 is 5.32 Å². The number of halogens is 4. The fourth-order valence-electron chi connectivity index (χ4n) is 3.86. The summed E-state index contributed by atoms with van der Waals surface area (Å²) in [5.41, 5.74) is -1.16. The lowest BCUT2D eigenvalue weighted by Gasteiger charge is -2.38. The molecular formula is C21H19ClF3N3O. The van der Waals surface area contributed by atoms with Crippen molar-refractivity contribution in [3.05, 3.63) is 53.6 Å². The summed E-state index contributed by atoms with van der Waals surface area (Å²) in [4.78, 5) is 0. The molecule has 0 saturated heterocycles. The summed E-state index contributed by atoms with van der Waals surface area (Å²) in [6, 6.07) is 14.1. The number of nitrogens with one attached hydrogen (secondary N) is 1. The van der Waals surface area contributed by atoms with Crippen molar-refractivity contribution in [3.8, 4) is 11.3 Å². The normalized spacial score (nSPS) is 22.6. The number of aliphatic hydroxyl groups is 1. The number of alkyl halides is 3. The second-order valence-corrected chi connectivity index (χ2v) is 7.85. The zero-order valence-corrected chi connectivity index (χ0v) is 16.1. The molecule has 2 aromatic carbocycles. The molecule has 1 aromatic heterocycles. The molecular weight excluding hydrogens is 403 g/mol. The maximum atomic E-state index is 13.2. The second-order valence-electron chi connectivity index (χ2n) is 7.42. The molecule has 1 aliphatic rings. The maximum Gasteiger partial charge on any atom is 0.417 e. The molecule has 0 amide bonds. The van der Waals surface area contributed by atoms with E-state index in [1.807, 2.05) is 36.4 Å². The van der Waals surface area contributed by atoms with Gasteiger partial charge in [0.1, 0.15) is 5.69 Å². The Hall–Kier alpha value is -2.38. The number of hydrogen-bond donors (Lipinski definition) is 2. The summed E-state index contributed by atoms with van der Waals surface area (Å²) in [5.74, 6) is 0.412. The molecule has 1 fully saturated rings. The summed E-state index contributed by atoms with van der Waals surface area (Å²) in [6.45, 7) is 0. The summed E-state index contributed by atoms with van der Waals surface area (Å²) >= 11 is 5.96. The van der Waals surface area contributed by atoms with Gasteiger partial charge in [-0.2, -0.15) is 13.2 Å². The van der Waals surface area contributed by atoms with Gasteiger partial charge >= 0.3 is 6.18 Å². The first-order valence-electron chi connectivity index (χ1n) is 9.34. The van der Waals surface area contributed by atoms with Crippen LogP contribution in [0.25, 0.3) is 22.0 Å². The SMILES string of the molecule is OC1(C(F)(F)F)CCCC(Nc2nnc(-c3ccc(Cl)cc3)c3ccccc23)C1. The molecule has 1 heterocycles. The van der Waals surface area contributed by atoms with Gasteiger partial charge in [-0.15, -0.1) is 10.2 Å². The second kappa shape index (κ2) is 7.46. The lowest BCUT2D eigenvalue weighted by atomic mass is 9.81. The summed E-state index contributed by atoms with van der Waals surface area (Å²) in [7, 11) is 0. The zero-order valence-electron chi connectivity index (χ0n) is 15.4. The van der Waals surface area contributed by atoms with Gasteiger partial charge in [0.15, 0.2) is 11.4 Å². The van der Waals surface area contributed by atoms with Crippen LogP contribution in [0.3, 0.4) is 0 Å². The van der Waals surface area contributed by atoms with E-state index in [2.05, 4.69) is 15.5 Å². The van der Waals surface area contributed by atoms with Gasteiger partial charge in [-0.05, 0) is 31.4 Å². The summed E-state index contributed by atoms with van der Waals surface area (Å²) in [6.07, 6.45) is -4.54. The number of hydrogen-bond acceptors (Lipinski definition) is 4. The average Bonchev–Trinajstić information content (AvgIpc) is 2.68. The van der Waals surface area contributed by atoms with Crippen LogP contribution in [0.5, 0.6) is 0 Å². The van der Waals surface area contributed by atoms with Crippen LogP contribution >= 0.6 is 11.6 Å². The van der Waals surface area contributed by atoms with Crippen LogP contribution in [0.4, 0.5) is 19.0 Å². The number of benzene rings is 2. The number of rotatable bonds is 3. The minimum atomic E-state index is -4.65. The van der Waals surface area contributed by atoms with Gasteiger partial charge in [0.05, 0.1) is 0 Å². The lowest BCUT2D eigenvalue weighted by molar-refractivity contribution is -0.270. The standard InChI is InChI=1S/C21H19ClF3N3O/c22-14-9-7-13(8-10-14)18-16-5-1-2-6-17(16)19(28-27-18)26-15-4-3-11-20(29,12-15)21(23,24)25/h1-2,5-10,15,29H,3-4,11-12H2,(H,26,28). The van der Waals surface area contributed by atoms with E-state index in [0.29, 0.717) is 23.0 Å². The van der Waals surface area contributed by atoms with Gasteiger partial charge in [-0.1, -0.05) is 48.0 Å². The van der Waals surface area contributed by atoms with E-state index in [-0.39, 0.29) is 12.8 Å². The van der Waals surface area contributed by atoms with E-state index in [9.17, 15) is 18.3 Å². The van der Waals surface area contributed by atoms with E-state index >= 15 is 0 Å². The van der Waals surface area contributed by atoms with E-state index < -0.39 is 24.2 Å². The van der Waals surface area contributed by atoms with Crippen molar-refractivity contribution < 1.29 is 18.3 Å².